The first-order valence-electron chi connectivity index (χ1n) is 8.37. The van der Waals surface area contributed by atoms with Crippen LogP contribution in [0.25, 0.3) is 0 Å². The van der Waals surface area contributed by atoms with Gasteiger partial charge in [0.15, 0.2) is 0 Å². The van der Waals surface area contributed by atoms with E-state index < -0.39 is 6.04 Å². The first-order chi connectivity index (χ1) is 10.6. The van der Waals surface area contributed by atoms with Crippen LogP contribution in [0.1, 0.15) is 51.4 Å². The van der Waals surface area contributed by atoms with E-state index in [1.165, 1.54) is 12.8 Å². The van der Waals surface area contributed by atoms with Crippen LogP contribution in [0, 0.1) is 5.92 Å². The summed E-state index contributed by atoms with van der Waals surface area (Å²) >= 11 is 0. The highest BCUT2D eigenvalue weighted by atomic mass is 16.2. The molecule has 124 valence electrons. The number of likely N-dealkylation sites (tertiary alicyclic amines) is 1. The van der Waals surface area contributed by atoms with Crippen molar-refractivity contribution in [2.45, 2.75) is 57.4 Å². The molecule has 0 aromatic rings. The maximum Gasteiger partial charge on any atom is 0.244 e. The van der Waals surface area contributed by atoms with Gasteiger partial charge in [-0.05, 0) is 38.0 Å². The minimum atomic E-state index is -0.452. The fourth-order valence-corrected chi connectivity index (χ4v) is 3.30. The van der Waals surface area contributed by atoms with Gasteiger partial charge in [-0.2, -0.15) is 0 Å². The second-order valence-corrected chi connectivity index (χ2v) is 6.51. The summed E-state index contributed by atoms with van der Waals surface area (Å²) in [4.78, 5) is 37.5. The summed E-state index contributed by atoms with van der Waals surface area (Å²) in [5.74, 6) is 0.0862. The average molecular weight is 309 g/mol. The van der Waals surface area contributed by atoms with Crippen molar-refractivity contribution in [3.05, 3.63) is 0 Å². The lowest BCUT2D eigenvalue weighted by Gasteiger charge is -2.20. The quantitative estimate of drug-likeness (QED) is 0.789. The van der Waals surface area contributed by atoms with Crippen LogP contribution in [-0.4, -0.2) is 48.8 Å². The molecule has 1 aliphatic heterocycles. The van der Waals surface area contributed by atoms with Crippen LogP contribution >= 0.6 is 0 Å². The van der Waals surface area contributed by atoms with Crippen molar-refractivity contribution in [1.29, 1.82) is 0 Å². The van der Waals surface area contributed by atoms with Crippen LogP contribution in [0.2, 0.25) is 0 Å². The molecule has 0 aromatic heterocycles. The highest BCUT2D eigenvalue weighted by Gasteiger charge is 2.26. The Morgan fingerprint density at radius 1 is 1.09 bits per heavy atom. The average Bonchev–Trinajstić information content (AvgIpc) is 2.94. The van der Waals surface area contributed by atoms with E-state index in [9.17, 15) is 14.4 Å². The Morgan fingerprint density at radius 3 is 2.50 bits per heavy atom. The van der Waals surface area contributed by atoms with Crippen molar-refractivity contribution >= 4 is 17.7 Å². The highest BCUT2D eigenvalue weighted by molar-refractivity contribution is 5.90. The molecule has 2 fully saturated rings. The van der Waals surface area contributed by atoms with E-state index >= 15 is 0 Å². The number of hydrogen-bond donors (Lipinski definition) is 2. The lowest BCUT2D eigenvalue weighted by Crippen LogP contribution is -2.49. The van der Waals surface area contributed by atoms with Gasteiger partial charge in [0.25, 0.3) is 0 Å². The van der Waals surface area contributed by atoms with Crippen LogP contribution in [0.3, 0.4) is 0 Å². The zero-order valence-corrected chi connectivity index (χ0v) is 13.4. The predicted octanol–water partition coefficient (Wildman–Crippen LogP) is 0.810. The van der Waals surface area contributed by atoms with E-state index in [1.807, 2.05) is 0 Å². The summed E-state index contributed by atoms with van der Waals surface area (Å²) in [7, 11) is 1.76. The summed E-state index contributed by atoms with van der Waals surface area (Å²) in [5.41, 5.74) is 0. The van der Waals surface area contributed by atoms with E-state index in [4.69, 9.17) is 0 Å². The molecule has 0 spiro atoms. The molecular weight excluding hydrogens is 282 g/mol. The number of amides is 3. The van der Waals surface area contributed by atoms with Gasteiger partial charge in [-0.1, -0.05) is 12.8 Å². The van der Waals surface area contributed by atoms with Crippen LogP contribution < -0.4 is 10.6 Å². The zero-order chi connectivity index (χ0) is 15.9. The lowest BCUT2D eigenvalue weighted by atomic mass is 10.0. The SMILES string of the molecule is CN1CCCCC(NC(=O)CNC(=O)CC2CCCC2)C1=O. The van der Waals surface area contributed by atoms with Crippen molar-refractivity contribution in [3.8, 4) is 0 Å². The third-order valence-corrected chi connectivity index (χ3v) is 4.64. The normalized spacial score (nSPS) is 23.2. The summed E-state index contributed by atoms with van der Waals surface area (Å²) in [5, 5.41) is 5.41. The van der Waals surface area contributed by atoms with Crippen LogP contribution in [0.5, 0.6) is 0 Å². The summed E-state index contributed by atoms with van der Waals surface area (Å²) in [6.07, 6.45) is 7.71. The van der Waals surface area contributed by atoms with Crippen molar-refractivity contribution in [2.24, 2.45) is 5.92 Å². The van der Waals surface area contributed by atoms with Gasteiger partial charge < -0.3 is 15.5 Å². The van der Waals surface area contributed by atoms with Crippen molar-refractivity contribution < 1.29 is 14.4 Å². The molecule has 0 bridgehead atoms. The molecule has 22 heavy (non-hydrogen) atoms. The Morgan fingerprint density at radius 2 is 1.77 bits per heavy atom. The van der Waals surface area contributed by atoms with Crippen LogP contribution in [-0.2, 0) is 14.4 Å². The van der Waals surface area contributed by atoms with Gasteiger partial charge in [-0.3, -0.25) is 14.4 Å². The van der Waals surface area contributed by atoms with Gasteiger partial charge >= 0.3 is 0 Å². The van der Waals surface area contributed by atoms with Gasteiger partial charge in [0.2, 0.25) is 17.7 Å². The van der Waals surface area contributed by atoms with Crippen LogP contribution in [0.4, 0.5) is 0 Å². The van der Waals surface area contributed by atoms with E-state index in [2.05, 4.69) is 10.6 Å². The van der Waals surface area contributed by atoms with Gasteiger partial charge in [-0.15, -0.1) is 0 Å². The third kappa shape index (κ3) is 5.00. The molecule has 1 saturated heterocycles. The first kappa shape index (κ1) is 16.8. The monoisotopic (exact) mass is 309 g/mol. The Hall–Kier alpha value is -1.59. The molecule has 2 rings (SSSR count). The Labute approximate surface area is 132 Å². The number of nitrogens with one attached hydrogen (secondary N) is 2. The number of carbonyl (C=O) groups is 3. The fraction of sp³-hybridized carbons (Fsp3) is 0.812. The lowest BCUT2D eigenvalue weighted by molar-refractivity contribution is -0.135. The topological polar surface area (TPSA) is 78.5 Å². The maximum atomic E-state index is 12.1. The predicted molar refractivity (Wildman–Crippen MR) is 83.0 cm³/mol. The number of nitrogens with zero attached hydrogens (tertiary/aromatic N) is 1. The van der Waals surface area contributed by atoms with Gasteiger partial charge in [0.1, 0.15) is 6.04 Å². The first-order valence-corrected chi connectivity index (χ1v) is 8.37. The number of carbonyl (C=O) groups excluding carboxylic acids is 3. The Balaban J connectivity index is 1.70. The van der Waals surface area contributed by atoms with Crippen LogP contribution in [0.15, 0.2) is 0 Å². The molecule has 2 aliphatic rings. The molecule has 6 heteroatoms. The highest BCUT2D eigenvalue weighted by Crippen LogP contribution is 2.27. The van der Waals surface area contributed by atoms with E-state index in [0.717, 1.165) is 32.2 Å². The van der Waals surface area contributed by atoms with E-state index in [1.54, 1.807) is 11.9 Å². The molecule has 6 nitrogen and oxygen atoms in total. The number of hydrogen-bond acceptors (Lipinski definition) is 3. The van der Waals surface area contributed by atoms with Gasteiger partial charge in [-0.25, -0.2) is 0 Å². The van der Waals surface area contributed by atoms with Crippen molar-refractivity contribution in [3.63, 3.8) is 0 Å². The van der Waals surface area contributed by atoms with Gasteiger partial charge in [0, 0.05) is 20.0 Å². The molecule has 1 saturated carbocycles. The summed E-state index contributed by atoms with van der Waals surface area (Å²) in [6.45, 7) is 0.697. The Kier molecular flexibility index (Phi) is 6.21. The summed E-state index contributed by atoms with van der Waals surface area (Å²) in [6, 6.07) is -0.452. The molecule has 0 aromatic carbocycles. The standard InChI is InChI=1S/C16H27N3O3/c1-19-9-5-4-8-13(16(19)22)18-15(21)11-17-14(20)10-12-6-2-3-7-12/h12-13H,2-11H2,1H3,(H,17,20)(H,18,21). The molecule has 1 atom stereocenters. The molecule has 1 heterocycles. The Bertz CT molecular complexity index is 419. The molecular formula is C16H27N3O3. The molecule has 1 unspecified atom stereocenters. The summed E-state index contributed by atoms with van der Waals surface area (Å²) < 4.78 is 0. The third-order valence-electron chi connectivity index (χ3n) is 4.64. The van der Waals surface area contributed by atoms with E-state index in [0.29, 0.717) is 18.8 Å². The molecule has 0 radical (unpaired) electrons. The number of likely N-dealkylation sites (N-methyl/N-ethyl adjacent to an activating group) is 1. The molecule has 1 aliphatic carbocycles. The van der Waals surface area contributed by atoms with Crippen molar-refractivity contribution in [1.82, 2.24) is 15.5 Å². The van der Waals surface area contributed by atoms with E-state index in [-0.39, 0.29) is 24.3 Å². The second kappa shape index (κ2) is 8.15. The zero-order valence-electron chi connectivity index (χ0n) is 13.4. The smallest absolute Gasteiger partial charge is 0.244 e. The largest absolute Gasteiger partial charge is 0.347 e. The fourth-order valence-electron chi connectivity index (χ4n) is 3.30. The number of rotatable bonds is 5. The minimum absolute atomic E-state index is 0.0388. The molecule has 3 amide bonds. The van der Waals surface area contributed by atoms with Crippen molar-refractivity contribution in [2.75, 3.05) is 20.1 Å². The minimum Gasteiger partial charge on any atom is -0.347 e. The second-order valence-electron chi connectivity index (χ2n) is 6.51. The van der Waals surface area contributed by atoms with Gasteiger partial charge in [0.05, 0.1) is 6.54 Å². The molecule has 2 N–H and O–H groups in total. The maximum absolute atomic E-state index is 12.1.